The van der Waals surface area contributed by atoms with Gasteiger partial charge in [-0.2, -0.15) is 5.26 Å². The Morgan fingerprint density at radius 2 is 1.11 bits per heavy atom. The number of rotatable bonds is 15. The average Bonchev–Trinajstić information content (AvgIpc) is 4.54. The minimum Gasteiger partial charge on any atom is -0.367 e. The van der Waals surface area contributed by atoms with Gasteiger partial charge in [0.15, 0.2) is 17.5 Å². The van der Waals surface area contributed by atoms with Crippen LogP contribution in [0.1, 0.15) is 55.6 Å². The number of aromatic amines is 1. The van der Waals surface area contributed by atoms with E-state index in [1.54, 1.807) is 48.9 Å². The fraction of sp³-hybridized carbons (Fsp3) is 0.145. The van der Waals surface area contributed by atoms with Gasteiger partial charge >= 0.3 is 0 Å². The van der Waals surface area contributed by atoms with E-state index in [2.05, 4.69) is 76.8 Å². The van der Waals surface area contributed by atoms with Crippen LogP contribution in [0, 0.1) is 18.3 Å². The molecule has 12 aromatic rings. The number of carbonyl (C=O) groups excluding carboxylic acids is 3. The number of ether oxygens (including phenoxy) is 1. The molecule has 0 atom stereocenters. The lowest BCUT2D eigenvalue weighted by atomic mass is 9.83. The molecule has 0 radical (unpaired) electrons. The van der Waals surface area contributed by atoms with Gasteiger partial charge in [0.05, 0.1) is 39.8 Å². The van der Waals surface area contributed by atoms with E-state index in [0.29, 0.717) is 76.0 Å². The van der Waals surface area contributed by atoms with Crippen molar-refractivity contribution >= 4 is 99.8 Å². The number of aryl methyl sites for hydroxylation is 2. The maximum atomic E-state index is 13.2. The summed E-state index contributed by atoms with van der Waals surface area (Å²) < 4.78 is 5.40. The predicted molar refractivity (Wildman–Crippen MR) is 333 cm³/mol. The number of nitrogens with zero attached hydrogens (tertiary/aromatic N) is 11. The lowest BCUT2D eigenvalue weighted by Gasteiger charge is -2.24. The van der Waals surface area contributed by atoms with Crippen molar-refractivity contribution in [3.8, 4) is 40.6 Å². The summed E-state index contributed by atoms with van der Waals surface area (Å²) in [5.74, 6) is 2.18. The standard InChI is InChI=1S/C22H17N5OS.C20H17N5OS.C19H15N5O3S.CH4/c1-22(2,15-8-6-14(13-23)7-9-15)21(28)27-18-16-10-12-29-20(16)26-19(25-18)17-5-3-4-11-24-17;1-13-5-6-14(12-22-13)7-8-17(26)23-18-15-9-11-27-20(15)25-19(24-18)16-4-2-3-10-21-16;25-15-9-12(4-7-21-15)10-27-11-16(26)22-17-13-5-8-28-19(13)24-18(23-17)14-3-1-2-6-20-14;/h3-12H,1-2H3,(H,25,26,27,28);2-6,9-12H,7-8H2,1H3,(H,23,24,25,26);1-9H,10-11H2,(H,21,25)(H,22,23,24,26);1H4. The minimum atomic E-state index is -0.813. The molecule has 424 valence electrons. The van der Waals surface area contributed by atoms with Crippen LogP contribution in [0.3, 0.4) is 0 Å². The molecule has 20 nitrogen and oxygen atoms in total. The molecule has 3 amide bonds. The molecule has 85 heavy (non-hydrogen) atoms. The lowest BCUT2D eigenvalue weighted by molar-refractivity contribution is -0.121. The van der Waals surface area contributed by atoms with Gasteiger partial charge in [0.2, 0.25) is 17.4 Å². The summed E-state index contributed by atoms with van der Waals surface area (Å²) in [6.07, 6.45) is 9.38. The summed E-state index contributed by atoms with van der Waals surface area (Å²) in [5.41, 5.74) is 4.98. The number of nitriles is 1. The summed E-state index contributed by atoms with van der Waals surface area (Å²) in [6.45, 7) is 5.62. The van der Waals surface area contributed by atoms with Crippen LogP contribution in [0.2, 0.25) is 0 Å². The second kappa shape index (κ2) is 27.7. The molecule has 0 aliphatic heterocycles. The highest BCUT2D eigenvalue weighted by molar-refractivity contribution is 7.17. The molecule has 4 N–H and O–H groups in total. The maximum Gasteiger partial charge on any atom is 0.251 e. The molecule has 0 spiro atoms. The smallest absolute Gasteiger partial charge is 0.251 e. The number of amides is 3. The third-order valence-electron chi connectivity index (χ3n) is 12.7. The average molecular weight is 1180 g/mol. The van der Waals surface area contributed by atoms with Crippen LogP contribution in [0.15, 0.2) is 173 Å². The first kappa shape index (κ1) is 59.4. The monoisotopic (exact) mass is 1180 g/mol. The van der Waals surface area contributed by atoms with Crippen LogP contribution in [0.4, 0.5) is 17.5 Å². The third-order valence-corrected chi connectivity index (χ3v) is 15.1. The number of aromatic nitrogens is 11. The van der Waals surface area contributed by atoms with Crippen molar-refractivity contribution in [2.75, 3.05) is 22.6 Å². The maximum absolute atomic E-state index is 13.2. The summed E-state index contributed by atoms with van der Waals surface area (Å²) in [7, 11) is 0. The Morgan fingerprint density at radius 1 is 0.600 bits per heavy atom. The zero-order chi connectivity index (χ0) is 58.4. The van der Waals surface area contributed by atoms with Gasteiger partial charge in [0, 0.05) is 49.2 Å². The van der Waals surface area contributed by atoms with Gasteiger partial charge in [0.25, 0.3) is 5.91 Å². The van der Waals surface area contributed by atoms with Gasteiger partial charge < -0.3 is 25.7 Å². The highest BCUT2D eigenvalue weighted by Gasteiger charge is 2.31. The van der Waals surface area contributed by atoms with Crippen molar-refractivity contribution in [2.24, 2.45) is 0 Å². The van der Waals surface area contributed by atoms with Gasteiger partial charge in [-0.1, -0.05) is 43.8 Å². The Kier molecular flexibility index (Phi) is 19.3. The van der Waals surface area contributed by atoms with Crippen molar-refractivity contribution in [1.82, 2.24) is 54.8 Å². The number of benzene rings is 1. The lowest BCUT2D eigenvalue weighted by Crippen LogP contribution is -2.35. The van der Waals surface area contributed by atoms with Crippen molar-refractivity contribution in [3.63, 3.8) is 0 Å². The van der Waals surface area contributed by atoms with E-state index in [1.807, 2.05) is 128 Å². The van der Waals surface area contributed by atoms with Gasteiger partial charge in [0.1, 0.15) is 55.6 Å². The Balaban J connectivity index is 0.000000152. The van der Waals surface area contributed by atoms with Crippen molar-refractivity contribution in [2.45, 2.75) is 53.1 Å². The fourth-order valence-corrected chi connectivity index (χ4v) is 10.4. The molecule has 0 saturated carbocycles. The SMILES string of the molecule is C.CC(C)(C(=O)Nc1nc(-c2ccccn2)nc2sccc12)c1ccc(C#N)cc1.Cc1ccc(CCC(=O)Nc2nc(-c3ccccn3)nc3sccc23)cn1.O=C(COCc1cc[nH]c(=O)c1)Nc1nc(-c2ccccn2)nc2sccc12. The Bertz CT molecular complexity index is 4360. The Labute approximate surface area is 499 Å². The van der Waals surface area contributed by atoms with Gasteiger partial charge in [-0.25, -0.2) is 29.9 Å². The summed E-state index contributed by atoms with van der Waals surface area (Å²) in [6, 6.07) is 38.5. The highest BCUT2D eigenvalue weighted by Crippen LogP contribution is 2.32. The fourth-order valence-electron chi connectivity index (χ4n) is 8.14. The molecule has 0 saturated heterocycles. The quantitative estimate of drug-likeness (QED) is 0.0742. The van der Waals surface area contributed by atoms with E-state index in [4.69, 9.17) is 10.00 Å². The number of thiophene rings is 3. The first-order valence-corrected chi connectivity index (χ1v) is 28.6. The van der Waals surface area contributed by atoms with E-state index >= 15 is 0 Å². The van der Waals surface area contributed by atoms with Crippen LogP contribution in [0.5, 0.6) is 0 Å². The summed E-state index contributed by atoms with van der Waals surface area (Å²) in [4.78, 5) is 98.5. The number of anilines is 3. The molecule has 0 aliphatic rings. The molecular formula is C62H53N15O5S3. The molecule has 0 unspecified atom stereocenters. The van der Waals surface area contributed by atoms with E-state index in [-0.39, 0.29) is 43.9 Å². The van der Waals surface area contributed by atoms with E-state index in [1.165, 1.54) is 46.3 Å². The first-order chi connectivity index (χ1) is 40.9. The van der Waals surface area contributed by atoms with Gasteiger partial charge in [-0.05, 0) is 139 Å². The van der Waals surface area contributed by atoms with Crippen LogP contribution >= 0.6 is 34.0 Å². The predicted octanol–water partition coefficient (Wildman–Crippen LogP) is 11.8. The molecule has 23 heteroatoms. The zero-order valence-electron chi connectivity index (χ0n) is 45.2. The largest absolute Gasteiger partial charge is 0.367 e. The molecule has 1 aromatic carbocycles. The number of carbonyl (C=O) groups is 3. The minimum absolute atomic E-state index is 0. The van der Waals surface area contributed by atoms with Gasteiger partial charge in [-0.3, -0.25) is 39.1 Å². The van der Waals surface area contributed by atoms with E-state index in [9.17, 15) is 19.2 Å². The summed E-state index contributed by atoms with van der Waals surface area (Å²) in [5, 5.41) is 25.8. The van der Waals surface area contributed by atoms with Gasteiger partial charge in [-0.15, -0.1) is 34.0 Å². The van der Waals surface area contributed by atoms with E-state index < -0.39 is 5.41 Å². The highest BCUT2D eigenvalue weighted by atomic mass is 32.1. The molecule has 11 heterocycles. The Morgan fingerprint density at radius 3 is 1.56 bits per heavy atom. The summed E-state index contributed by atoms with van der Waals surface area (Å²) >= 11 is 4.45. The van der Waals surface area contributed by atoms with E-state index in [0.717, 1.165) is 47.5 Å². The van der Waals surface area contributed by atoms with Crippen molar-refractivity contribution < 1.29 is 19.1 Å². The third kappa shape index (κ3) is 15.1. The molecule has 12 rings (SSSR count). The molecular weight excluding hydrogens is 1130 g/mol. The number of H-pyrrole nitrogens is 1. The molecule has 0 aliphatic carbocycles. The number of nitrogens with one attached hydrogen (secondary N) is 4. The topological polar surface area (TPSA) is 282 Å². The van der Waals surface area contributed by atoms with Crippen LogP contribution in [0.25, 0.3) is 65.2 Å². The number of pyridine rings is 5. The molecule has 0 bridgehead atoms. The van der Waals surface area contributed by atoms with Crippen LogP contribution in [-0.2, 0) is 37.6 Å². The molecule has 11 aromatic heterocycles. The molecule has 0 fully saturated rings. The van der Waals surface area contributed by atoms with Crippen LogP contribution in [-0.4, -0.2) is 79.2 Å². The van der Waals surface area contributed by atoms with Crippen molar-refractivity contribution in [3.05, 3.63) is 207 Å². The van der Waals surface area contributed by atoms with Crippen LogP contribution < -0.4 is 21.5 Å². The number of hydrogen-bond acceptors (Lipinski definition) is 19. The second-order valence-electron chi connectivity index (χ2n) is 19.0. The second-order valence-corrected chi connectivity index (χ2v) is 21.7. The van der Waals surface area contributed by atoms with Crippen molar-refractivity contribution in [1.29, 1.82) is 5.26 Å². The zero-order valence-corrected chi connectivity index (χ0v) is 47.6. The normalized spacial score (nSPS) is 10.8. The number of fused-ring (bicyclic) bond motifs is 3. The number of hydrogen-bond donors (Lipinski definition) is 4. The Hall–Kier alpha value is -10.3. The first-order valence-electron chi connectivity index (χ1n) is 26.0.